The van der Waals surface area contributed by atoms with E-state index in [0.717, 1.165) is 25.7 Å². The van der Waals surface area contributed by atoms with E-state index >= 15 is 0 Å². The molecule has 114 valence electrons. The molecule has 0 spiro atoms. The number of nitrogens with zero attached hydrogens (tertiary/aromatic N) is 1. The van der Waals surface area contributed by atoms with Crippen molar-refractivity contribution in [2.75, 3.05) is 6.54 Å². The fraction of sp³-hybridized carbons (Fsp3) is 0.769. The van der Waals surface area contributed by atoms with Crippen molar-refractivity contribution in [1.82, 2.24) is 10.2 Å². The maximum atomic E-state index is 12.4. The summed E-state index contributed by atoms with van der Waals surface area (Å²) in [5.74, 6) is -1.34. The quantitative estimate of drug-likeness (QED) is 0.666. The molecule has 1 aliphatic heterocycles. The van der Waals surface area contributed by atoms with Crippen molar-refractivity contribution in [1.29, 1.82) is 0 Å². The van der Waals surface area contributed by atoms with Crippen molar-refractivity contribution in [3.8, 4) is 0 Å². The minimum absolute atomic E-state index is 0.343. The summed E-state index contributed by atoms with van der Waals surface area (Å²) >= 11 is 0. The third-order valence-electron chi connectivity index (χ3n) is 3.53. The van der Waals surface area contributed by atoms with Gasteiger partial charge in [-0.05, 0) is 25.7 Å². The van der Waals surface area contributed by atoms with Gasteiger partial charge in [-0.1, -0.05) is 19.8 Å². The molecule has 0 aliphatic carbocycles. The monoisotopic (exact) mass is 285 g/mol. The number of carbonyl (C=O) groups is 3. The van der Waals surface area contributed by atoms with E-state index in [-0.39, 0.29) is 5.91 Å². The van der Waals surface area contributed by atoms with Gasteiger partial charge in [0.1, 0.15) is 12.1 Å². The summed E-state index contributed by atoms with van der Waals surface area (Å²) in [6.07, 6.45) is 4.16. The first-order valence-electron chi connectivity index (χ1n) is 7.06. The van der Waals surface area contributed by atoms with Crippen LogP contribution >= 0.6 is 0 Å². The first kappa shape index (κ1) is 16.3. The number of unbranched alkanes of at least 4 members (excludes halogenated alkanes) is 1. The van der Waals surface area contributed by atoms with Gasteiger partial charge in [0.25, 0.3) is 0 Å². The van der Waals surface area contributed by atoms with Crippen molar-refractivity contribution >= 4 is 17.9 Å². The maximum Gasteiger partial charge on any atom is 0.326 e. The third-order valence-corrected chi connectivity index (χ3v) is 3.53. The van der Waals surface area contributed by atoms with Crippen LogP contribution in [-0.2, 0) is 9.59 Å². The van der Waals surface area contributed by atoms with E-state index in [2.05, 4.69) is 5.32 Å². The average Bonchev–Trinajstić information content (AvgIpc) is 2.42. The Kier molecular flexibility index (Phi) is 6.27. The fourth-order valence-corrected chi connectivity index (χ4v) is 2.49. The van der Waals surface area contributed by atoms with E-state index in [1.807, 2.05) is 6.92 Å². The number of aliphatic carboxylic acids is 1. The van der Waals surface area contributed by atoms with E-state index in [9.17, 15) is 19.5 Å². The second-order valence-electron chi connectivity index (χ2n) is 5.08. The van der Waals surface area contributed by atoms with Crippen molar-refractivity contribution in [3.05, 3.63) is 0 Å². The standard InChI is InChI=1S/C13H23N3O4/c1-2-3-6-9(15-13(14)20)11(17)16-8-5-4-7-10(16)12(18)19/h9-10H,2-8H2,1H3,(H,18,19)(H3,14,15,20). The Labute approximate surface area is 118 Å². The smallest absolute Gasteiger partial charge is 0.326 e. The Morgan fingerprint density at radius 2 is 2.10 bits per heavy atom. The van der Waals surface area contributed by atoms with Crippen LogP contribution in [0.5, 0.6) is 0 Å². The molecule has 0 radical (unpaired) electrons. The van der Waals surface area contributed by atoms with Crippen LogP contribution in [0, 0.1) is 0 Å². The number of nitrogens with two attached hydrogens (primary N) is 1. The second-order valence-corrected chi connectivity index (χ2v) is 5.08. The SMILES string of the molecule is CCCCC(NC(N)=O)C(=O)N1CCCCC1C(=O)O. The van der Waals surface area contributed by atoms with Crippen LogP contribution in [0.25, 0.3) is 0 Å². The molecule has 7 heteroatoms. The predicted molar refractivity (Wildman–Crippen MR) is 73.0 cm³/mol. The van der Waals surface area contributed by atoms with Crippen molar-refractivity contribution < 1.29 is 19.5 Å². The summed E-state index contributed by atoms with van der Waals surface area (Å²) in [7, 11) is 0. The topological polar surface area (TPSA) is 113 Å². The number of rotatable bonds is 6. The van der Waals surface area contributed by atoms with Gasteiger partial charge in [-0.2, -0.15) is 0 Å². The highest BCUT2D eigenvalue weighted by atomic mass is 16.4. The van der Waals surface area contributed by atoms with E-state index in [0.29, 0.717) is 19.4 Å². The Balaban J connectivity index is 2.79. The van der Waals surface area contributed by atoms with Gasteiger partial charge in [-0.15, -0.1) is 0 Å². The summed E-state index contributed by atoms with van der Waals surface area (Å²) in [5, 5.41) is 11.6. The van der Waals surface area contributed by atoms with E-state index in [1.165, 1.54) is 4.90 Å². The van der Waals surface area contributed by atoms with Crippen LogP contribution in [0.4, 0.5) is 4.79 Å². The number of urea groups is 1. The highest BCUT2D eigenvalue weighted by molar-refractivity contribution is 5.90. The lowest BCUT2D eigenvalue weighted by Crippen LogP contribution is -2.56. The Bertz CT molecular complexity index is 373. The zero-order valence-corrected chi connectivity index (χ0v) is 11.8. The predicted octanol–water partition coefficient (Wildman–Crippen LogP) is 0.679. The molecule has 2 unspecified atom stereocenters. The lowest BCUT2D eigenvalue weighted by atomic mass is 9.99. The molecule has 1 rings (SSSR count). The molecular weight excluding hydrogens is 262 g/mol. The number of hydrogen-bond donors (Lipinski definition) is 3. The number of carboxylic acids is 1. The molecule has 1 heterocycles. The molecule has 0 saturated carbocycles. The highest BCUT2D eigenvalue weighted by Gasteiger charge is 2.35. The van der Waals surface area contributed by atoms with Crippen LogP contribution in [0.15, 0.2) is 0 Å². The van der Waals surface area contributed by atoms with Gasteiger partial charge in [-0.3, -0.25) is 4.79 Å². The summed E-state index contributed by atoms with van der Waals surface area (Å²) in [6.45, 7) is 2.39. The second kappa shape index (κ2) is 7.72. The Morgan fingerprint density at radius 3 is 2.65 bits per heavy atom. The van der Waals surface area contributed by atoms with Gasteiger partial charge in [0.15, 0.2) is 0 Å². The maximum absolute atomic E-state index is 12.4. The minimum Gasteiger partial charge on any atom is -0.480 e. The number of hydrogen-bond acceptors (Lipinski definition) is 3. The summed E-state index contributed by atoms with van der Waals surface area (Å²) in [4.78, 5) is 36.0. The minimum atomic E-state index is -0.994. The highest BCUT2D eigenvalue weighted by Crippen LogP contribution is 2.19. The molecule has 0 aromatic rings. The lowest BCUT2D eigenvalue weighted by molar-refractivity contribution is -0.152. The molecule has 20 heavy (non-hydrogen) atoms. The molecule has 7 nitrogen and oxygen atoms in total. The number of carbonyl (C=O) groups excluding carboxylic acids is 2. The zero-order chi connectivity index (χ0) is 15.1. The van der Waals surface area contributed by atoms with Crippen molar-refractivity contribution in [2.45, 2.75) is 57.5 Å². The molecular formula is C13H23N3O4. The Hall–Kier alpha value is -1.79. The normalized spacial score (nSPS) is 20.2. The number of carboxylic acid groups (broad SMARTS) is 1. The van der Waals surface area contributed by atoms with Gasteiger partial charge in [0.05, 0.1) is 0 Å². The lowest BCUT2D eigenvalue weighted by Gasteiger charge is -2.35. The van der Waals surface area contributed by atoms with Crippen LogP contribution in [0.3, 0.4) is 0 Å². The van der Waals surface area contributed by atoms with E-state index in [4.69, 9.17) is 5.73 Å². The molecule has 0 aromatic carbocycles. The average molecular weight is 285 g/mol. The number of likely N-dealkylation sites (tertiary alicyclic amines) is 1. The van der Waals surface area contributed by atoms with Crippen molar-refractivity contribution in [2.24, 2.45) is 5.73 Å². The number of amides is 3. The van der Waals surface area contributed by atoms with Gasteiger partial charge in [0.2, 0.25) is 5.91 Å². The summed E-state index contributed by atoms with van der Waals surface area (Å²) in [6, 6.07) is -2.29. The van der Waals surface area contributed by atoms with Crippen LogP contribution in [0.2, 0.25) is 0 Å². The van der Waals surface area contributed by atoms with Crippen LogP contribution in [-0.4, -0.2) is 46.5 Å². The summed E-state index contributed by atoms with van der Waals surface area (Å²) in [5.41, 5.74) is 5.09. The molecule has 2 atom stereocenters. The number of piperidine rings is 1. The van der Waals surface area contributed by atoms with E-state index < -0.39 is 24.1 Å². The summed E-state index contributed by atoms with van der Waals surface area (Å²) < 4.78 is 0. The van der Waals surface area contributed by atoms with E-state index in [1.54, 1.807) is 0 Å². The first-order chi connectivity index (χ1) is 9.47. The number of nitrogens with one attached hydrogen (secondary N) is 1. The number of primary amides is 1. The molecule has 1 fully saturated rings. The van der Waals surface area contributed by atoms with Crippen LogP contribution < -0.4 is 11.1 Å². The van der Waals surface area contributed by atoms with Gasteiger partial charge >= 0.3 is 12.0 Å². The van der Waals surface area contributed by atoms with Crippen LogP contribution in [0.1, 0.15) is 45.4 Å². The van der Waals surface area contributed by atoms with Crippen molar-refractivity contribution in [3.63, 3.8) is 0 Å². The van der Waals surface area contributed by atoms with Gasteiger partial charge in [-0.25, -0.2) is 9.59 Å². The first-order valence-corrected chi connectivity index (χ1v) is 7.06. The molecule has 3 amide bonds. The molecule has 4 N–H and O–H groups in total. The molecule has 0 aromatic heterocycles. The largest absolute Gasteiger partial charge is 0.480 e. The fourth-order valence-electron chi connectivity index (χ4n) is 2.49. The molecule has 1 aliphatic rings. The Morgan fingerprint density at radius 1 is 1.40 bits per heavy atom. The third kappa shape index (κ3) is 4.40. The van der Waals surface area contributed by atoms with Gasteiger partial charge < -0.3 is 21.1 Å². The zero-order valence-electron chi connectivity index (χ0n) is 11.8. The molecule has 0 bridgehead atoms. The van der Waals surface area contributed by atoms with Gasteiger partial charge in [0, 0.05) is 6.54 Å². The molecule has 1 saturated heterocycles.